The number of benzene rings is 5. The molecule has 0 bridgehead atoms. The van der Waals surface area contributed by atoms with E-state index in [-0.39, 0.29) is 18.2 Å². The fraction of sp³-hybridized carbons (Fsp3) is 0.154. The number of nitrogens with one attached hydrogen (secondary N) is 1. The number of halogens is 1. The van der Waals surface area contributed by atoms with Gasteiger partial charge in [-0.1, -0.05) is 109 Å². The van der Waals surface area contributed by atoms with Crippen molar-refractivity contribution in [1.29, 1.82) is 0 Å². The number of aromatic hydroxyl groups is 1. The van der Waals surface area contributed by atoms with Crippen molar-refractivity contribution >= 4 is 40.3 Å². The molecule has 0 spiro atoms. The van der Waals surface area contributed by atoms with Gasteiger partial charge in [0.1, 0.15) is 11.3 Å². The Kier molecular flexibility index (Phi) is 8.33. The SMILES string of the molecule is O=C(Nc1nn(C(c2ccccc2)(c2ccccc2)c2ccccc2)c2ccc(-c3ccc(O)cc3Cl)cc12)[C@H]1CCCN(C(=O)O)C1. The largest absolute Gasteiger partial charge is 0.508 e. The van der Waals surface area contributed by atoms with Crippen LogP contribution in [0.2, 0.25) is 5.02 Å². The van der Waals surface area contributed by atoms with E-state index in [1.807, 2.05) is 77.5 Å². The number of fused-ring (bicyclic) bond motifs is 1. The van der Waals surface area contributed by atoms with E-state index in [0.29, 0.717) is 41.2 Å². The first-order valence-corrected chi connectivity index (χ1v) is 16.2. The molecule has 1 fully saturated rings. The molecular formula is C39H33ClN4O4. The lowest BCUT2D eigenvalue weighted by Gasteiger charge is -2.37. The van der Waals surface area contributed by atoms with E-state index in [0.717, 1.165) is 27.8 Å². The van der Waals surface area contributed by atoms with Crippen LogP contribution in [0.15, 0.2) is 127 Å². The van der Waals surface area contributed by atoms with Crippen LogP contribution in [0.5, 0.6) is 5.75 Å². The van der Waals surface area contributed by atoms with E-state index < -0.39 is 17.6 Å². The number of nitrogens with zero attached hydrogens (tertiary/aromatic N) is 3. The Hall–Kier alpha value is -5.60. The predicted molar refractivity (Wildman–Crippen MR) is 187 cm³/mol. The van der Waals surface area contributed by atoms with Gasteiger partial charge >= 0.3 is 6.09 Å². The van der Waals surface area contributed by atoms with Crippen molar-refractivity contribution in [3.63, 3.8) is 0 Å². The first-order chi connectivity index (χ1) is 23.4. The van der Waals surface area contributed by atoms with E-state index in [1.165, 1.54) is 11.0 Å². The number of piperidine rings is 1. The molecule has 1 saturated heterocycles. The second-order valence-corrected chi connectivity index (χ2v) is 12.4. The van der Waals surface area contributed by atoms with Gasteiger partial charge in [-0.05, 0) is 65.4 Å². The number of hydrogen-bond acceptors (Lipinski definition) is 4. The van der Waals surface area contributed by atoms with Crippen LogP contribution in [0.1, 0.15) is 29.5 Å². The van der Waals surface area contributed by atoms with Gasteiger partial charge < -0.3 is 20.4 Å². The fourth-order valence-corrected chi connectivity index (χ4v) is 7.14. The van der Waals surface area contributed by atoms with Crippen molar-refractivity contribution in [1.82, 2.24) is 14.7 Å². The van der Waals surface area contributed by atoms with Gasteiger partial charge in [0, 0.05) is 24.0 Å². The van der Waals surface area contributed by atoms with Crippen LogP contribution in [0.3, 0.4) is 0 Å². The molecule has 7 rings (SSSR count). The number of rotatable bonds is 7. The van der Waals surface area contributed by atoms with Gasteiger partial charge in [0.05, 0.1) is 16.5 Å². The molecule has 8 nitrogen and oxygen atoms in total. The molecule has 2 amide bonds. The number of anilines is 1. The van der Waals surface area contributed by atoms with Gasteiger partial charge in [-0.25, -0.2) is 9.48 Å². The number of hydrogen-bond donors (Lipinski definition) is 3. The zero-order valence-electron chi connectivity index (χ0n) is 26.0. The van der Waals surface area contributed by atoms with Gasteiger partial charge in [0.15, 0.2) is 5.82 Å². The molecule has 0 aliphatic carbocycles. The number of carbonyl (C=O) groups excluding carboxylic acids is 1. The number of carboxylic acid groups (broad SMARTS) is 1. The minimum atomic E-state index is -1.03. The second-order valence-electron chi connectivity index (χ2n) is 12.0. The molecule has 3 N–H and O–H groups in total. The van der Waals surface area contributed by atoms with Crippen molar-refractivity contribution in [2.75, 3.05) is 18.4 Å². The highest BCUT2D eigenvalue weighted by Gasteiger charge is 2.41. The maximum atomic E-state index is 13.9. The average Bonchev–Trinajstić information content (AvgIpc) is 3.47. The lowest BCUT2D eigenvalue weighted by molar-refractivity contribution is -0.121. The van der Waals surface area contributed by atoms with Crippen molar-refractivity contribution in [2.45, 2.75) is 18.4 Å². The monoisotopic (exact) mass is 656 g/mol. The van der Waals surface area contributed by atoms with Crippen molar-refractivity contribution in [3.05, 3.63) is 149 Å². The summed E-state index contributed by atoms with van der Waals surface area (Å²) in [6.45, 7) is 0.525. The molecule has 1 aliphatic heterocycles. The predicted octanol–water partition coefficient (Wildman–Crippen LogP) is 8.23. The first-order valence-electron chi connectivity index (χ1n) is 15.8. The molecule has 5 aromatic carbocycles. The molecule has 0 unspecified atom stereocenters. The van der Waals surface area contributed by atoms with Crippen LogP contribution in [-0.4, -0.2) is 50.0 Å². The number of likely N-dealkylation sites (tertiary alicyclic amines) is 1. The summed E-state index contributed by atoms with van der Waals surface area (Å²) < 4.78 is 1.98. The van der Waals surface area contributed by atoms with Crippen molar-refractivity contribution in [3.8, 4) is 16.9 Å². The Morgan fingerprint density at radius 3 is 1.98 bits per heavy atom. The lowest BCUT2D eigenvalue weighted by atomic mass is 9.77. The number of phenols is 1. The smallest absolute Gasteiger partial charge is 0.407 e. The molecule has 1 aromatic heterocycles. The molecular weight excluding hydrogens is 624 g/mol. The van der Waals surface area contributed by atoms with Crippen LogP contribution in [0, 0.1) is 5.92 Å². The number of phenolic OH excluding ortho intramolecular Hbond substituents is 1. The van der Waals surface area contributed by atoms with Crippen molar-refractivity contribution in [2.24, 2.45) is 5.92 Å². The van der Waals surface area contributed by atoms with Crippen LogP contribution in [-0.2, 0) is 10.3 Å². The first kappa shape index (κ1) is 31.0. The van der Waals surface area contributed by atoms with Gasteiger partial charge in [-0.2, -0.15) is 5.10 Å². The Bertz CT molecular complexity index is 2000. The van der Waals surface area contributed by atoms with Crippen LogP contribution >= 0.6 is 11.6 Å². The molecule has 1 aliphatic rings. The minimum absolute atomic E-state index is 0.0619. The van der Waals surface area contributed by atoms with E-state index >= 15 is 0 Å². The Labute approximate surface area is 282 Å². The van der Waals surface area contributed by atoms with E-state index in [1.54, 1.807) is 12.1 Å². The molecule has 6 aromatic rings. The molecule has 0 radical (unpaired) electrons. The van der Waals surface area contributed by atoms with Crippen molar-refractivity contribution < 1.29 is 19.8 Å². The van der Waals surface area contributed by atoms with Gasteiger partial charge in [-0.3, -0.25) is 4.79 Å². The summed E-state index contributed by atoms with van der Waals surface area (Å²) in [5, 5.41) is 29.0. The average molecular weight is 657 g/mol. The summed E-state index contributed by atoms with van der Waals surface area (Å²) in [5.41, 5.74) is 4.22. The summed E-state index contributed by atoms with van der Waals surface area (Å²) in [7, 11) is 0. The fourth-order valence-electron chi connectivity index (χ4n) is 6.86. The van der Waals surface area contributed by atoms with Crippen LogP contribution in [0.4, 0.5) is 10.6 Å². The number of carbonyl (C=O) groups is 2. The molecule has 48 heavy (non-hydrogen) atoms. The number of aromatic nitrogens is 2. The second kappa shape index (κ2) is 12.9. The third-order valence-corrected chi connectivity index (χ3v) is 9.45. The lowest BCUT2D eigenvalue weighted by Crippen LogP contribution is -2.43. The minimum Gasteiger partial charge on any atom is -0.508 e. The van der Waals surface area contributed by atoms with Crippen LogP contribution in [0.25, 0.3) is 22.0 Å². The normalized spacial score (nSPS) is 14.9. The van der Waals surface area contributed by atoms with Gasteiger partial charge in [0.25, 0.3) is 0 Å². The summed E-state index contributed by atoms with van der Waals surface area (Å²) >= 11 is 6.59. The summed E-state index contributed by atoms with van der Waals surface area (Å²) in [4.78, 5) is 26.9. The molecule has 2 heterocycles. The number of amides is 2. The zero-order valence-corrected chi connectivity index (χ0v) is 26.7. The molecule has 0 saturated carbocycles. The van der Waals surface area contributed by atoms with Gasteiger partial charge in [-0.15, -0.1) is 0 Å². The Morgan fingerprint density at radius 2 is 1.42 bits per heavy atom. The zero-order chi connectivity index (χ0) is 33.3. The van der Waals surface area contributed by atoms with Gasteiger partial charge in [0.2, 0.25) is 5.91 Å². The molecule has 240 valence electrons. The standard InChI is InChI=1S/C39H33ClN4O4/c40-34-24-31(45)19-20-32(34)26-18-21-35-33(23-26)36(41-37(46)27-11-10-22-43(25-27)38(47)48)42-44(35)39(28-12-4-1-5-13-28,29-14-6-2-7-15-29)30-16-8-3-9-17-30/h1-9,12-21,23-24,27,45H,10-11,22,25H2,(H,47,48)(H,41,42,46)/t27-/m0/s1. The van der Waals surface area contributed by atoms with E-state index in [4.69, 9.17) is 16.7 Å². The third kappa shape index (κ3) is 5.54. The topological polar surface area (TPSA) is 108 Å². The quantitative estimate of drug-likeness (QED) is 0.150. The summed E-state index contributed by atoms with van der Waals surface area (Å²) in [5.74, 6) is -0.393. The Morgan fingerprint density at radius 1 is 0.812 bits per heavy atom. The van der Waals surface area contributed by atoms with E-state index in [9.17, 15) is 19.8 Å². The van der Waals surface area contributed by atoms with E-state index in [2.05, 4.69) is 41.7 Å². The maximum Gasteiger partial charge on any atom is 0.407 e. The summed E-state index contributed by atoms with van der Waals surface area (Å²) in [6, 6.07) is 41.2. The van der Waals surface area contributed by atoms with Crippen LogP contribution < -0.4 is 5.32 Å². The highest BCUT2D eigenvalue weighted by atomic mass is 35.5. The third-order valence-electron chi connectivity index (χ3n) is 9.14. The maximum absolute atomic E-state index is 13.9. The Balaban J connectivity index is 1.48. The highest BCUT2D eigenvalue weighted by molar-refractivity contribution is 6.33. The molecule has 9 heteroatoms. The molecule has 1 atom stereocenters. The summed E-state index contributed by atoms with van der Waals surface area (Å²) in [6.07, 6.45) is 0.142. The highest BCUT2D eigenvalue weighted by Crippen LogP contribution is 2.44.